The van der Waals surface area contributed by atoms with E-state index in [1.165, 1.54) is 41.5 Å². The standard InChI is InChI=1S/C51H39N7O4S4/c1-61-57-40(39-31-65-50(54-39)56-51(34-22-11-4-12-23-34,35-24-13-5-14-25-35)36-26-15-6-16-27-36)44(59)55-41-47(60)58-42(37(30-64-48(41)58)45-53-38-28-17-29-52-46(38)66-45)49(63)62-43(32-18-7-2-8-19-32)33-20-9-3-10-21-33/h2-29,31,41,43,48H,30H2,1H3,(H,54,56)(H,55,59)/b57-40-/t41?,48-/m1/s1. The SMILES string of the molecule is CO/N=C(\C(=O)NC1C(=O)N2C(C(=S)OC(c3ccccc3)c3ccccc3)=C(c3nc4cccnc4s3)CS[C@H]12)c1csc(NC(c2ccccc2)(c2ccccc2)c2ccccc2)n1. The Morgan fingerprint density at radius 1 is 0.803 bits per heavy atom. The number of nitrogens with zero attached hydrogens (tertiary/aromatic N) is 5. The molecule has 3 aromatic heterocycles. The van der Waals surface area contributed by atoms with E-state index >= 15 is 0 Å². The number of pyridine rings is 1. The van der Waals surface area contributed by atoms with Crippen molar-refractivity contribution in [3.8, 4) is 0 Å². The number of fused-ring (bicyclic) bond motifs is 2. The minimum Gasteiger partial charge on any atom is -0.469 e. The van der Waals surface area contributed by atoms with Gasteiger partial charge in [0.05, 0.1) is 0 Å². The van der Waals surface area contributed by atoms with Crippen LogP contribution < -0.4 is 10.6 Å². The predicted octanol–water partition coefficient (Wildman–Crippen LogP) is 9.85. The molecule has 0 bridgehead atoms. The fourth-order valence-corrected chi connectivity index (χ4v) is 11.8. The van der Waals surface area contributed by atoms with Crippen LogP contribution in [0.15, 0.2) is 186 Å². The van der Waals surface area contributed by atoms with Crippen LogP contribution in [0.4, 0.5) is 5.13 Å². The van der Waals surface area contributed by atoms with Crippen LogP contribution in [0.3, 0.4) is 0 Å². The number of carbonyl (C=O) groups excluding carboxylic acids is 2. The van der Waals surface area contributed by atoms with Gasteiger partial charge in [0.2, 0.25) is 5.05 Å². The molecule has 15 heteroatoms. The van der Waals surface area contributed by atoms with Gasteiger partial charge in [0.1, 0.15) is 56.9 Å². The van der Waals surface area contributed by atoms with Crippen molar-refractivity contribution in [2.75, 3.05) is 18.2 Å². The topological polar surface area (TPSA) is 131 Å². The van der Waals surface area contributed by atoms with Crippen LogP contribution in [0.2, 0.25) is 0 Å². The Morgan fingerprint density at radius 2 is 1.38 bits per heavy atom. The van der Waals surface area contributed by atoms with E-state index in [4.69, 9.17) is 31.8 Å². The smallest absolute Gasteiger partial charge is 0.276 e. The van der Waals surface area contributed by atoms with Gasteiger partial charge in [0.15, 0.2) is 10.8 Å². The quantitative estimate of drug-likeness (QED) is 0.0357. The molecular formula is C51H39N7O4S4. The van der Waals surface area contributed by atoms with Gasteiger partial charge in [-0.15, -0.1) is 23.1 Å². The number of aromatic nitrogens is 3. The number of hydrogen-bond donors (Lipinski definition) is 2. The Bertz CT molecular complexity index is 2930. The summed E-state index contributed by atoms with van der Waals surface area (Å²) in [6.07, 6.45) is 1.17. The molecule has 0 aliphatic carbocycles. The maximum Gasteiger partial charge on any atom is 0.276 e. The van der Waals surface area contributed by atoms with Crippen molar-refractivity contribution >= 4 is 90.3 Å². The van der Waals surface area contributed by atoms with Crippen molar-refractivity contribution < 1.29 is 19.2 Å². The normalized spacial score (nSPS) is 16.1. The zero-order chi connectivity index (χ0) is 45.0. The van der Waals surface area contributed by atoms with Crippen LogP contribution >= 0.6 is 46.7 Å². The first kappa shape index (κ1) is 42.9. The van der Waals surface area contributed by atoms with Gasteiger partial charge in [-0.2, -0.15) is 0 Å². The number of anilines is 1. The highest BCUT2D eigenvalue weighted by Crippen LogP contribution is 2.46. The van der Waals surface area contributed by atoms with E-state index in [1.54, 1.807) is 16.5 Å². The van der Waals surface area contributed by atoms with Gasteiger partial charge in [-0.05, 0) is 52.2 Å². The summed E-state index contributed by atoms with van der Waals surface area (Å²) in [5.41, 5.74) is 6.08. The fourth-order valence-electron chi connectivity index (χ4n) is 8.31. The third-order valence-electron chi connectivity index (χ3n) is 11.4. The molecule has 10 rings (SSSR count). The van der Waals surface area contributed by atoms with Gasteiger partial charge >= 0.3 is 0 Å². The number of oxime groups is 1. The van der Waals surface area contributed by atoms with Crippen molar-refractivity contribution in [1.82, 2.24) is 25.2 Å². The zero-order valence-corrected chi connectivity index (χ0v) is 38.5. The lowest BCUT2D eigenvalue weighted by Gasteiger charge is -2.50. The summed E-state index contributed by atoms with van der Waals surface area (Å²) < 4.78 is 6.75. The fraction of sp³-hybridized carbons (Fsp3) is 0.118. The van der Waals surface area contributed by atoms with Gasteiger partial charge in [-0.25, -0.2) is 15.0 Å². The Balaban J connectivity index is 0.946. The van der Waals surface area contributed by atoms with Gasteiger partial charge in [0.25, 0.3) is 11.8 Å². The van der Waals surface area contributed by atoms with Gasteiger partial charge in [0, 0.05) is 22.9 Å². The molecule has 2 N–H and O–H groups in total. The zero-order valence-electron chi connectivity index (χ0n) is 35.2. The van der Waals surface area contributed by atoms with E-state index in [9.17, 15) is 9.59 Å². The molecule has 2 amide bonds. The summed E-state index contributed by atoms with van der Waals surface area (Å²) in [5.74, 6) is -0.536. The first-order valence-corrected chi connectivity index (χ1v) is 24.1. The lowest BCUT2D eigenvalue weighted by Crippen LogP contribution is -2.71. The van der Waals surface area contributed by atoms with E-state index in [0.717, 1.165) is 43.7 Å². The van der Waals surface area contributed by atoms with Crippen molar-refractivity contribution in [2.24, 2.45) is 5.16 Å². The number of thioether (sulfide) groups is 1. The van der Waals surface area contributed by atoms with Crippen LogP contribution in [-0.2, 0) is 24.7 Å². The summed E-state index contributed by atoms with van der Waals surface area (Å²) in [6, 6.07) is 53.0. The molecule has 66 heavy (non-hydrogen) atoms. The molecule has 1 unspecified atom stereocenters. The second kappa shape index (κ2) is 18.8. The maximum atomic E-state index is 14.5. The first-order chi connectivity index (χ1) is 32.4. The molecule has 2 aliphatic rings. The van der Waals surface area contributed by atoms with Crippen molar-refractivity contribution in [1.29, 1.82) is 0 Å². The van der Waals surface area contributed by atoms with Crippen LogP contribution in [-0.4, -0.2) is 66.7 Å². The highest BCUT2D eigenvalue weighted by molar-refractivity contribution is 8.00. The monoisotopic (exact) mass is 941 g/mol. The number of thiazole rings is 2. The molecule has 0 radical (unpaired) electrons. The van der Waals surface area contributed by atoms with Gasteiger partial charge in [-0.1, -0.05) is 168 Å². The minimum absolute atomic E-state index is 0.0792. The number of β-lactam (4-membered cyclic amide) rings is 1. The Morgan fingerprint density at radius 3 is 1.94 bits per heavy atom. The summed E-state index contributed by atoms with van der Waals surface area (Å²) in [5, 5.41) is 13.5. The number of nitrogens with one attached hydrogen (secondary N) is 2. The molecule has 5 aromatic carbocycles. The molecule has 2 aliphatic heterocycles. The second-order valence-electron chi connectivity index (χ2n) is 15.3. The van der Waals surface area contributed by atoms with E-state index in [1.807, 2.05) is 127 Å². The molecule has 0 saturated carbocycles. The second-order valence-corrected chi connectivity index (χ2v) is 18.6. The molecule has 326 valence electrons. The molecular weight excluding hydrogens is 903 g/mol. The highest BCUT2D eigenvalue weighted by Gasteiger charge is 2.55. The van der Waals surface area contributed by atoms with Gasteiger partial charge in [-0.3, -0.25) is 14.5 Å². The summed E-state index contributed by atoms with van der Waals surface area (Å²) >= 11 is 10.4. The van der Waals surface area contributed by atoms with Crippen molar-refractivity contribution in [3.05, 3.63) is 220 Å². The van der Waals surface area contributed by atoms with E-state index in [0.29, 0.717) is 21.6 Å². The van der Waals surface area contributed by atoms with Crippen molar-refractivity contribution in [3.63, 3.8) is 0 Å². The molecule has 8 aromatic rings. The number of hydrogen-bond acceptors (Lipinski definition) is 13. The Kier molecular flexibility index (Phi) is 12.2. The average Bonchev–Trinajstić information content (AvgIpc) is 4.04. The molecule has 5 heterocycles. The van der Waals surface area contributed by atoms with Crippen LogP contribution in [0.1, 0.15) is 44.6 Å². The maximum absolute atomic E-state index is 14.5. The molecule has 2 atom stereocenters. The summed E-state index contributed by atoms with van der Waals surface area (Å²) in [7, 11) is 1.37. The number of thiocarbonyl (C=S) groups is 1. The third-order valence-corrected chi connectivity index (χ3v) is 14.7. The molecule has 1 fully saturated rings. The van der Waals surface area contributed by atoms with E-state index in [2.05, 4.69) is 57.2 Å². The van der Waals surface area contributed by atoms with Crippen LogP contribution in [0.25, 0.3) is 15.9 Å². The number of rotatable bonds is 14. The number of carbonyl (C=O) groups is 2. The van der Waals surface area contributed by atoms with Crippen molar-refractivity contribution in [2.45, 2.75) is 23.1 Å². The Hall–Kier alpha value is -7.04. The average molecular weight is 942 g/mol. The summed E-state index contributed by atoms with van der Waals surface area (Å²) in [6.45, 7) is 0. The molecule has 11 nitrogen and oxygen atoms in total. The third kappa shape index (κ3) is 8.15. The van der Waals surface area contributed by atoms with Crippen LogP contribution in [0, 0.1) is 0 Å². The molecule has 0 spiro atoms. The number of benzene rings is 5. The largest absolute Gasteiger partial charge is 0.469 e. The Labute approximate surface area is 398 Å². The first-order valence-electron chi connectivity index (χ1n) is 21.0. The van der Waals surface area contributed by atoms with Crippen LogP contribution in [0.5, 0.6) is 0 Å². The number of amides is 2. The summed E-state index contributed by atoms with van der Waals surface area (Å²) in [4.78, 5) is 50.8. The molecule has 1 saturated heterocycles. The highest BCUT2D eigenvalue weighted by atomic mass is 32.2. The lowest BCUT2D eigenvalue weighted by molar-refractivity contribution is -0.144. The predicted molar refractivity (Wildman–Crippen MR) is 266 cm³/mol. The van der Waals surface area contributed by atoms with E-state index < -0.39 is 29.0 Å². The lowest BCUT2D eigenvalue weighted by atomic mass is 9.77. The number of ether oxygens (including phenoxy) is 1. The van der Waals surface area contributed by atoms with E-state index in [-0.39, 0.29) is 22.4 Å². The minimum atomic E-state index is -0.918. The van der Waals surface area contributed by atoms with Gasteiger partial charge < -0.3 is 20.2 Å².